The van der Waals surface area contributed by atoms with E-state index in [4.69, 9.17) is 0 Å². The van der Waals surface area contributed by atoms with Crippen molar-refractivity contribution in [3.63, 3.8) is 0 Å². The maximum Gasteiger partial charge on any atom is 0.326 e. The van der Waals surface area contributed by atoms with E-state index in [9.17, 15) is 18.0 Å². The topological polar surface area (TPSA) is 111 Å². The van der Waals surface area contributed by atoms with Crippen LogP contribution in [-0.4, -0.2) is 38.5 Å². The fourth-order valence-corrected chi connectivity index (χ4v) is 6.62. The number of fused-ring (bicyclic) bond motifs is 1. The largest absolute Gasteiger partial charge is 0.367 e. The van der Waals surface area contributed by atoms with Crippen molar-refractivity contribution in [1.82, 2.24) is 10.0 Å². The van der Waals surface area contributed by atoms with Crippen LogP contribution >= 0.6 is 11.8 Å². The van der Waals surface area contributed by atoms with E-state index in [1.807, 2.05) is 22.9 Å². The fourth-order valence-electron chi connectivity index (χ4n) is 4.63. The SMILES string of the molecule is O=C1CN(c2ccc(N=C3NC(=O)/C(=C\c4ccc(CN5CCc6ccccc65)cc4)S3)cc2)S(=O)(=O)N1. The molecule has 3 aromatic rings. The van der Waals surface area contributed by atoms with Crippen LogP contribution in [0.2, 0.25) is 0 Å². The molecule has 2 amide bonds. The second-order valence-electron chi connectivity index (χ2n) is 9.08. The zero-order chi connectivity index (χ0) is 26.3. The van der Waals surface area contributed by atoms with Crippen molar-refractivity contribution < 1.29 is 18.0 Å². The van der Waals surface area contributed by atoms with Gasteiger partial charge in [-0.1, -0.05) is 42.5 Å². The molecule has 0 bridgehead atoms. The lowest BCUT2D eigenvalue weighted by Gasteiger charge is -2.19. The predicted molar refractivity (Wildman–Crippen MR) is 149 cm³/mol. The average molecular weight is 546 g/mol. The van der Waals surface area contributed by atoms with Gasteiger partial charge in [0.1, 0.15) is 6.54 Å². The molecule has 0 aromatic heterocycles. The Kier molecular flexibility index (Phi) is 6.16. The quantitative estimate of drug-likeness (QED) is 0.476. The van der Waals surface area contributed by atoms with E-state index in [1.165, 1.54) is 28.6 Å². The molecule has 9 nitrogen and oxygen atoms in total. The van der Waals surface area contributed by atoms with Crippen molar-refractivity contribution in [2.24, 2.45) is 4.99 Å². The highest BCUT2D eigenvalue weighted by Gasteiger charge is 2.34. The molecule has 11 heteroatoms. The molecule has 0 unspecified atom stereocenters. The molecular weight excluding hydrogens is 522 g/mol. The highest BCUT2D eigenvalue weighted by molar-refractivity contribution is 8.18. The van der Waals surface area contributed by atoms with E-state index >= 15 is 0 Å². The lowest BCUT2D eigenvalue weighted by atomic mass is 10.1. The van der Waals surface area contributed by atoms with Crippen LogP contribution in [0.4, 0.5) is 17.1 Å². The Morgan fingerprint density at radius 1 is 0.974 bits per heavy atom. The maximum absolute atomic E-state index is 12.5. The Bertz CT molecular complexity index is 1600. The minimum Gasteiger partial charge on any atom is -0.367 e. The van der Waals surface area contributed by atoms with Gasteiger partial charge < -0.3 is 10.2 Å². The second kappa shape index (κ2) is 9.66. The Morgan fingerprint density at radius 2 is 1.74 bits per heavy atom. The molecule has 6 rings (SSSR count). The number of nitrogens with one attached hydrogen (secondary N) is 2. The molecule has 3 aliphatic rings. The second-order valence-corrected chi connectivity index (χ2v) is 11.7. The average Bonchev–Trinajstić information content (AvgIpc) is 3.55. The van der Waals surface area contributed by atoms with Gasteiger partial charge in [-0.15, -0.1) is 0 Å². The monoisotopic (exact) mass is 545 g/mol. The molecule has 192 valence electrons. The number of carbonyl (C=O) groups is 2. The number of hydrogen-bond donors (Lipinski definition) is 2. The van der Waals surface area contributed by atoms with Crippen LogP contribution in [0.25, 0.3) is 6.08 Å². The number of hydrogen-bond acceptors (Lipinski definition) is 7. The van der Waals surface area contributed by atoms with Crippen molar-refractivity contribution >= 4 is 62.1 Å². The summed E-state index contributed by atoms with van der Waals surface area (Å²) < 4.78 is 26.9. The smallest absolute Gasteiger partial charge is 0.326 e. The molecule has 2 saturated heterocycles. The summed E-state index contributed by atoms with van der Waals surface area (Å²) >= 11 is 1.24. The van der Waals surface area contributed by atoms with Gasteiger partial charge in [-0.2, -0.15) is 8.42 Å². The first kappa shape index (κ1) is 24.3. The van der Waals surface area contributed by atoms with Crippen molar-refractivity contribution in [2.45, 2.75) is 13.0 Å². The van der Waals surface area contributed by atoms with Crippen LogP contribution in [0.3, 0.4) is 0 Å². The summed E-state index contributed by atoms with van der Waals surface area (Å²) in [5, 5.41) is 3.20. The Balaban J connectivity index is 1.11. The van der Waals surface area contributed by atoms with Crippen LogP contribution in [0, 0.1) is 0 Å². The molecule has 38 heavy (non-hydrogen) atoms. The van der Waals surface area contributed by atoms with E-state index in [-0.39, 0.29) is 12.5 Å². The van der Waals surface area contributed by atoms with Gasteiger partial charge >= 0.3 is 10.2 Å². The normalized spacial score (nSPS) is 20.2. The Hall–Kier alpha value is -4.09. The number of amidine groups is 1. The lowest BCUT2D eigenvalue weighted by molar-refractivity contribution is -0.117. The number of amides is 2. The molecule has 0 saturated carbocycles. The Morgan fingerprint density at radius 3 is 2.47 bits per heavy atom. The predicted octanol–water partition coefficient (Wildman–Crippen LogP) is 3.32. The van der Waals surface area contributed by atoms with Crippen molar-refractivity contribution in [3.8, 4) is 0 Å². The highest BCUT2D eigenvalue weighted by Crippen LogP contribution is 2.31. The number of carbonyl (C=O) groups excluding carboxylic acids is 2. The number of anilines is 2. The van der Waals surface area contributed by atoms with E-state index < -0.39 is 16.1 Å². The molecule has 0 radical (unpaired) electrons. The van der Waals surface area contributed by atoms with Crippen LogP contribution < -0.4 is 19.2 Å². The fraction of sp³-hybridized carbons (Fsp3) is 0.148. The molecule has 3 aliphatic heterocycles. The van der Waals surface area contributed by atoms with Gasteiger partial charge in [0.2, 0.25) is 0 Å². The minimum atomic E-state index is -3.86. The third-order valence-electron chi connectivity index (χ3n) is 6.47. The summed E-state index contributed by atoms with van der Waals surface area (Å²) in [7, 11) is -3.86. The standard InChI is InChI=1S/C27H23N5O4S2/c33-25-17-32(38(35,36)30-25)22-11-9-21(10-12-22)28-27-29-26(34)24(37-27)15-18-5-7-19(8-6-18)16-31-14-13-20-3-1-2-4-23(20)31/h1-12,15H,13-14,16-17H2,(H,30,33)(H,28,29,34)/b24-15+. The molecular formula is C27H23N5O4S2. The van der Waals surface area contributed by atoms with Gasteiger partial charge in [0, 0.05) is 18.8 Å². The highest BCUT2D eigenvalue weighted by atomic mass is 32.2. The van der Waals surface area contributed by atoms with Gasteiger partial charge in [-0.3, -0.25) is 9.59 Å². The van der Waals surface area contributed by atoms with Gasteiger partial charge in [-0.05, 0) is 71.3 Å². The number of rotatable bonds is 5. The molecule has 0 spiro atoms. The number of benzene rings is 3. The van der Waals surface area contributed by atoms with Crippen molar-refractivity contribution in [2.75, 3.05) is 22.3 Å². The summed E-state index contributed by atoms with van der Waals surface area (Å²) in [6, 6.07) is 23.1. The first-order valence-electron chi connectivity index (χ1n) is 12.0. The third-order valence-corrected chi connectivity index (χ3v) is 8.79. The third kappa shape index (κ3) is 4.90. The zero-order valence-electron chi connectivity index (χ0n) is 20.1. The lowest BCUT2D eigenvalue weighted by Crippen LogP contribution is -2.29. The van der Waals surface area contributed by atoms with Gasteiger partial charge in [0.05, 0.1) is 16.3 Å². The molecule has 2 N–H and O–H groups in total. The first-order valence-corrected chi connectivity index (χ1v) is 14.2. The van der Waals surface area contributed by atoms with Crippen LogP contribution in [-0.2, 0) is 32.8 Å². The summed E-state index contributed by atoms with van der Waals surface area (Å²) in [5.74, 6) is -0.804. The first-order chi connectivity index (χ1) is 18.3. The molecule has 0 aliphatic carbocycles. The van der Waals surface area contributed by atoms with Crippen molar-refractivity contribution in [1.29, 1.82) is 0 Å². The number of aliphatic imine (C=N–C) groups is 1. The van der Waals surface area contributed by atoms with E-state index in [0.717, 1.165) is 29.4 Å². The van der Waals surface area contributed by atoms with Crippen molar-refractivity contribution in [3.05, 3.63) is 94.4 Å². The minimum absolute atomic E-state index is 0.226. The Labute approximate surface area is 224 Å². The van der Waals surface area contributed by atoms with Gasteiger partial charge in [-0.25, -0.2) is 14.0 Å². The summed E-state index contributed by atoms with van der Waals surface area (Å²) in [5.41, 5.74) is 5.72. The van der Waals surface area contributed by atoms with Crippen LogP contribution in [0.5, 0.6) is 0 Å². The number of thioether (sulfide) groups is 1. The number of nitrogens with zero attached hydrogens (tertiary/aromatic N) is 3. The van der Waals surface area contributed by atoms with Crippen LogP contribution in [0.1, 0.15) is 16.7 Å². The molecule has 3 heterocycles. The zero-order valence-corrected chi connectivity index (χ0v) is 21.8. The van der Waals surface area contributed by atoms with Gasteiger partial charge in [0.15, 0.2) is 5.17 Å². The molecule has 3 aromatic carbocycles. The number of para-hydroxylation sites is 1. The van der Waals surface area contributed by atoms with E-state index in [1.54, 1.807) is 24.3 Å². The molecule has 2 fully saturated rings. The van der Waals surface area contributed by atoms with E-state index in [0.29, 0.717) is 21.4 Å². The van der Waals surface area contributed by atoms with E-state index in [2.05, 4.69) is 51.6 Å². The summed E-state index contributed by atoms with van der Waals surface area (Å²) in [6.45, 7) is 1.60. The maximum atomic E-state index is 12.5. The summed E-state index contributed by atoms with van der Waals surface area (Å²) in [4.78, 5) is 31.4. The van der Waals surface area contributed by atoms with Crippen LogP contribution in [0.15, 0.2) is 82.7 Å². The molecule has 0 atom stereocenters. The van der Waals surface area contributed by atoms with Gasteiger partial charge in [0.25, 0.3) is 11.8 Å². The summed E-state index contributed by atoms with van der Waals surface area (Å²) in [6.07, 6.45) is 2.91.